The summed E-state index contributed by atoms with van der Waals surface area (Å²) in [6.07, 6.45) is 12.3. The van der Waals surface area contributed by atoms with Gasteiger partial charge in [-0.05, 0) is 12.8 Å². The van der Waals surface area contributed by atoms with Crippen molar-refractivity contribution in [1.82, 2.24) is 0 Å². The Morgan fingerprint density at radius 2 is 1.44 bits per heavy atom. The van der Waals surface area contributed by atoms with Crippen molar-refractivity contribution in [3.8, 4) is 0 Å². The van der Waals surface area contributed by atoms with Gasteiger partial charge in [-0.2, -0.15) is 8.42 Å². The highest BCUT2D eigenvalue weighted by atomic mass is 32.3. The second kappa shape index (κ2) is 18.9. The van der Waals surface area contributed by atoms with Crippen molar-refractivity contribution >= 4 is 10.4 Å². The Balaban J connectivity index is 2.05. The van der Waals surface area contributed by atoms with Crippen LogP contribution in [0.25, 0.3) is 0 Å². The molecule has 0 saturated carbocycles. The highest BCUT2D eigenvalue weighted by molar-refractivity contribution is 7.80. The topological polar surface area (TPSA) is 143 Å². The third-order valence-corrected chi connectivity index (χ3v) is 6.82. The van der Waals surface area contributed by atoms with Gasteiger partial charge in [-0.25, -0.2) is 4.18 Å². The molecule has 0 amide bonds. The fourth-order valence-corrected chi connectivity index (χ4v) is 4.79. The molecule has 0 spiro atoms. The molecule has 0 radical (unpaired) electrons. The zero-order chi connectivity index (χ0) is 25.2. The van der Waals surface area contributed by atoms with Crippen molar-refractivity contribution in [1.29, 1.82) is 0 Å². The normalized spacial score (nSPS) is 24.4. The van der Waals surface area contributed by atoms with Crippen LogP contribution >= 0.6 is 0 Å². The van der Waals surface area contributed by atoms with Crippen molar-refractivity contribution in [2.45, 2.75) is 140 Å². The van der Waals surface area contributed by atoms with Crippen molar-refractivity contribution in [3.63, 3.8) is 0 Å². The molecule has 9 nitrogen and oxygen atoms in total. The summed E-state index contributed by atoms with van der Waals surface area (Å²) in [5.41, 5.74) is 0. The molecule has 10 heteroatoms. The monoisotopic (exact) mass is 512 g/mol. The summed E-state index contributed by atoms with van der Waals surface area (Å²) >= 11 is 0. The molecule has 1 saturated heterocycles. The lowest BCUT2D eigenvalue weighted by atomic mass is 10.0. The maximum absolute atomic E-state index is 11.0. The minimum absolute atomic E-state index is 0.133. The zero-order valence-corrected chi connectivity index (χ0v) is 21.7. The number of unbranched alkanes of at least 4 members (excludes halogenated alkanes) is 12. The van der Waals surface area contributed by atoms with Crippen LogP contribution in [0, 0.1) is 0 Å². The van der Waals surface area contributed by atoms with Crippen molar-refractivity contribution < 1.29 is 41.9 Å². The van der Waals surface area contributed by atoms with E-state index in [1.165, 1.54) is 70.6 Å². The maximum atomic E-state index is 11.0. The van der Waals surface area contributed by atoms with E-state index in [-0.39, 0.29) is 13.0 Å². The molecule has 1 heterocycles. The quantitative estimate of drug-likeness (QED) is 0.133. The first-order valence-electron chi connectivity index (χ1n) is 13.2. The summed E-state index contributed by atoms with van der Waals surface area (Å²) in [7, 11) is -4.77. The van der Waals surface area contributed by atoms with Gasteiger partial charge in [0, 0.05) is 6.42 Å². The van der Waals surface area contributed by atoms with Gasteiger partial charge in [0.25, 0.3) is 0 Å². The largest absolute Gasteiger partial charge is 0.397 e. The second-order valence-electron chi connectivity index (χ2n) is 9.42. The van der Waals surface area contributed by atoms with Crippen LogP contribution in [-0.2, 0) is 24.1 Å². The van der Waals surface area contributed by atoms with Gasteiger partial charge in [0.2, 0.25) is 0 Å². The van der Waals surface area contributed by atoms with Crippen LogP contribution in [0.4, 0.5) is 0 Å². The molecule has 5 unspecified atom stereocenters. The summed E-state index contributed by atoms with van der Waals surface area (Å²) in [6.45, 7) is 1.86. The molecule has 5 atom stereocenters. The van der Waals surface area contributed by atoms with Gasteiger partial charge in [-0.15, -0.1) is 0 Å². The predicted molar refractivity (Wildman–Crippen MR) is 130 cm³/mol. The minimum Gasteiger partial charge on any atom is -0.394 e. The third-order valence-electron chi connectivity index (χ3n) is 6.33. The van der Waals surface area contributed by atoms with Crippen LogP contribution in [0.1, 0.15) is 110 Å². The number of ether oxygens (including phenoxy) is 2. The summed E-state index contributed by atoms with van der Waals surface area (Å²) in [5, 5.41) is 29.5. The van der Waals surface area contributed by atoms with E-state index in [1.54, 1.807) is 0 Å². The van der Waals surface area contributed by atoms with Crippen LogP contribution in [0.15, 0.2) is 0 Å². The first-order chi connectivity index (χ1) is 16.3. The molecule has 1 rings (SSSR count). The Hall–Kier alpha value is -0.330. The van der Waals surface area contributed by atoms with E-state index < -0.39 is 47.7 Å². The summed E-state index contributed by atoms with van der Waals surface area (Å²) < 4.78 is 46.2. The molecular formula is C24H48O9S. The molecule has 204 valence electrons. The van der Waals surface area contributed by atoms with E-state index in [0.717, 1.165) is 12.8 Å². The molecule has 4 N–H and O–H groups in total. The highest BCUT2D eigenvalue weighted by Crippen LogP contribution is 2.25. The number of aliphatic hydroxyl groups excluding tert-OH is 3. The molecule has 1 aliphatic rings. The summed E-state index contributed by atoms with van der Waals surface area (Å²) in [5.74, 6) is 0. The molecule has 0 aliphatic carbocycles. The van der Waals surface area contributed by atoms with E-state index in [2.05, 4.69) is 11.1 Å². The van der Waals surface area contributed by atoms with E-state index in [0.29, 0.717) is 12.8 Å². The Morgan fingerprint density at radius 1 is 0.912 bits per heavy atom. The average Bonchev–Trinajstić information content (AvgIpc) is 2.78. The number of hydrogen-bond donors (Lipinski definition) is 4. The van der Waals surface area contributed by atoms with Gasteiger partial charge in [0.1, 0.15) is 18.3 Å². The van der Waals surface area contributed by atoms with Gasteiger partial charge in [-0.1, -0.05) is 90.4 Å². The van der Waals surface area contributed by atoms with Crippen LogP contribution in [-0.4, -0.2) is 72.2 Å². The summed E-state index contributed by atoms with van der Waals surface area (Å²) in [4.78, 5) is 0. The average molecular weight is 513 g/mol. The Kier molecular flexibility index (Phi) is 17.6. The van der Waals surface area contributed by atoms with Gasteiger partial charge < -0.3 is 24.8 Å². The lowest BCUT2D eigenvalue weighted by molar-refractivity contribution is -0.254. The minimum atomic E-state index is -4.77. The van der Waals surface area contributed by atoms with E-state index >= 15 is 0 Å². The van der Waals surface area contributed by atoms with Crippen LogP contribution in [0.2, 0.25) is 0 Å². The first kappa shape index (κ1) is 31.7. The molecule has 0 bridgehead atoms. The molecule has 0 aromatic heterocycles. The number of aliphatic hydroxyl groups is 3. The maximum Gasteiger partial charge on any atom is 0.397 e. The van der Waals surface area contributed by atoms with Crippen LogP contribution < -0.4 is 0 Å². The fraction of sp³-hybridized carbons (Fsp3) is 1.00. The van der Waals surface area contributed by atoms with Crippen molar-refractivity contribution in [2.24, 2.45) is 0 Å². The van der Waals surface area contributed by atoms with Gasteiger partial charge in [-0.3, -0.25) is 4.55 Å². The molecule has 0 aromatic carbocycles. The fourth-order valence-electron chi connectivity index (χ4n) is 4.29. The highest BCUT2D eigenvalue weighted by Gasteiger charge is 2.40. The molecule has 0 aromatic rings. The number of rotatable bonds is 21. The van der Waals surface area contributed by atoms with Gasteiger partial charge >= 0.3 is 10.4 Å². The van der Waals surface area contributed by atoms with Crippen LogP contribution in [0.3, 0.4) is 0 Å². The van der Waals surface area contributed by atoms with Crippen molar-refractivity contribution in [2.75, 3.05) is 13.2 Å². The van der Waals surface area contributed by atoms with E-state index in [4.69, 9.17) is 14.0 Å². The van der Waals surface area contributed by atoms with Crippen molar-refractivity contribution in [3.05, 3.63) is 0 Å². The standard InChI is InChI=1S/C24H48O9S/c1-2-3-4-5-6-7-8-9-10-11-12-13-14-15-20(26)16-17-31-23-18-21(33-34(28,29)30)24(27)22(19-25)32-23/h20-27H,2-19H2,1H3,(H,28,29,30). The lowest BCUT2D eigenvalue weighted by Gasteiger charge is -2.37. The molecule has 34 heavy (non-hydrogen) atoms. The van der Waals surface area contributed by atoms with E-state index in [1.807, 2.05) is 0 Å². The van der Waals surface area contributed by atoms with Gasteiger partial charge in [0.05, 0.1) is 19.3 Å². The molecule has 1 aliphatic heterocycles. The molecule has 1 fully saturated rings. The first-order valence-corrected chi connectivity index (χ1v) is 14.5. The Morgan fingerprint density at radius 3 is 1.94 bits per heavy atom. The SMILES string of the molecule is CCCCCCCCCCCCCCCC(O)CCOC1CC(OS(=O)(=O)O)C(O)C(CO)O1. The Labute approximate surface area is 206 Å². The smallest absolute Gasteiger partial charge is 0.394 e. The van der Waals surface area contributed by atoms with Crippen LogP contribution in [0.5, 0.6) is 0 Å². The summed E-state index contributed by atoms with van der Waals surface area (Å²) in [6, 6.07) is 0. The molecular weight excluding hydrogens is 464 g/mol. The zero-order valence-electron chi connectivity index (χ0n) is 20.9. The van der Waals surface area contributed by atoms with E-state index in [9.17, 15) is 23.7 Å². The predicted octanol–water partition coefficient (Wildman–Crippen LogP) is 3.89. The third kappa shape index (κ3) is 15.6. The Bertz CT molecular complexity index is 587. The van der Waals surface area contributed by atoms with Gasteiger partial charge in [0.15, 0.2) is 6.29 Å². The number of hydrogen-bond acceptors (Lipinski definition) is 8. The second-order valence-corrected chi connectivity index (χ2v) is 10.5. The lowest BCUT2D eigenvalue weighted by Crippen LogP contribution is -2.52.